The molecule has 10 heavy (non-hydrogen) atoms. The molecule has 7 heteroatoms. The van der Waals surface area contributed by atoms with Crippen LogP contribution in [0.4, 0.5) is 13.2 Å². The van der Waals surface area contributed by atoms with Crippen LogP contribution in [0.15, 0.2) is 10.8 Å². The van der Waals surface area contributed by atoms with Crippen molar-refractivity contribution in [1.82, 2.24) is 10.3 Å². The average Bonchev–Trinajstić information content (AvgIpc) is 2.12. The molecule has 0 saturated carbocycles. The number of aromatic nitrogens is 2. The molecule has 1 heterocycles. The zero-order valence-electron chi connectivity index (χ0n) is 4.42. The van der Waals surface area contributed by atoms with Crippen LogP contribution in [0.1, 0.15) is 0 Å². The van der Waals surface area contributed by atoms with Crippen molar-refractivity contribution in [2.45, 2.75) is 6.36 Å². The standard InChI is InChI=1S/C3HF3N2O2/c4-3(5,6)9-2-1-7-10-8-2/h1H. The molecule has 1 aromatic rings. The van der Waals surface area contributed by atoms with Gasteiger partial charge in [-0.2, -0.15) is 0 Å². The highest BCUT2D eigenvalue weighted by atomic mass is 19.4. The van der Waals surface area contributed by atoms with E-state index >= 15 is 0 Å². The zero-order chi connectivity index (χ0) is 7.61. The first-order chi connectivity index (χ1) is 4.58. The fourth-order valence-corrected chi connectivity index (χ4v) is 0.320. The fraction of sp³-hybridized carbons (Fsp3) is 0.333. The predicted molar refractivity (Wildman–Crippen MR) is 21.0 cm³/mol. The summed E-state index contributed by atoms with van der Waals surface area (Å²) in [5.41, 5.74) is 0. The molecule has 0 spiro atoms. The van der Waals surface area contributed by atoms with Crippen LogP contribution in [-0.2, 0) is 0 Å². The lowest BCUT2D eigenvalue weighted by molar-refractivity contribution is -0.276. The second-order valence-electron chi connectivity index (χ2n) is 1.29. The summed E-state index contributed by atoms with van der Waals surface area (Å²) in [6, 6.07) is 0. The first-order valence-electron chi connectivity index (χ1n) is 2.11. The van der Waals surface area contributed by atoms with Gasteiger partial charge < -0.3 is 4.74 Å². The van der Waals surface area contributed by atoms with Crippen LogP contribution < -0.4 is 4.74 Å². The second-order valence-corrected chi connectivity index (χ2v) is 1.29. The lowest BCUT2D eigenvalue weighted by Crippen LogP contribution is -2.17. The Hall–Kier alpha value is -1.27. The first kappa shape index (κ1) is 6.84. The molecule has 56 valence electrons. The summed E-state index contributed by atoms with van der Waals surface area (Å²) >= 11 is 0. The number of rotatable bonds is 1. The van der Waals surface area contributed by atoms with E-state index in [0.717, 1.165) is 0 Å². The van der Waals surface area contributed by atoms with Crippen molar-refractivity contribution in [2.24, 2.45) is 0 Å². The highest BCUT2D eigenvalue weighted by Crippen LogP contribution is 2.19. The Morgan fingerprint density at radius 1 is 1.50 bits per heavy atom. The molecule has 1 aromatic heterocycles. The minimum atomic E-state index is -4.74. The summed E-state index contributed by atoms with van der Waals surface area (Å²) in [4.78, 5) is 0. The van der Waals surface area contributed by atoms with Crippen LogP contribution in [0, 0.1) is 0 Å². The Balaban J connectivity index is 2.57. The third-order valence-corrected chi connectivity index (χ3v) is 0.561. The van der Waals surface area contributed by atoms with Gasteiger partial charge in [0.2, 0.25) is 0 Å². The molecule has 0 aromatic carbocycles. The van der Waals surface area contributed by atoms with E-state index in [2.05, 4.69) is 19.7 Å². The van der Waals surface area contributed by atoms with E-state index in [1.807, 2.05) is 0 Å². The Labute approximate surface area is 52.5 Å². The van der Waals surface area contributed by atoms with Crippen LogP contribution in [0.5, 0.6) is 5.88 Å². The van der Waals surface area contributed by atoms with Gasteiger partial charge in [0.15, 0.2) is 0 Å². The van der Waals surface area contributed by atoms with Crippen LogP contribution in [0.3, 0.4) is 0 Å². The quantitative estimate of drug-likeness (QED) is 0.604. The van der Waals surface area contributed by atoms with Crippen LogP contribution in [0.2, 0.25) is 0 Å². The van der Waals surface area contributed by atoms with E-state index in [9.17, 15) is 13.2 Å². The SMILES string of the molecule is FC(F)(F)Oc1cnon1. The molecule has 4 nitrogen and oxygen atoms in total. The molecule has 0 atom stereocenters. The van der Waals surface area contributed by atoms with Gasteiger partial charge in [0, 0.05) is 0 Å². The largest absolute Gasteiger partial charge is 0.574 e. The van der Waals surface area contributed by atoms with Gasteiger partial charge in [-0.15, -0.1) is 13.2 Å². The summed E-state index contributed by atoms with van der Waals surface area (Å²) in [5.74, 6) is -0.701. The molecular formula is C3HF3N2O2. The normalized spacial score (nSPS) is 11.5. The van der Waals surface area contributed by atoms with E-state index in [1.165, 1.54) is 0 Å². The van der Waals surface area contributed by atoms with Crippen molar-refractivity contribution in [2.75, 3.05) is 0 Å². The highest BCUT2D eigenvalue weighted by molar-refractivity contribution is 4.96. The zero-order valence-corrected chi connectivity index (χ0v) is 4.42. The van der Waals surface area contributed by atoms with Crippen LogP contribution in [-0.4, -0.2) is 16.7 Å². The average molecular weight is 154 g/mol. The predicted octanol–water partition coefficient (Wildman–Crippen LogP) is 0.968. The Kier molecular flexibility index (Phi) is 1.48. The van der Waals surface area contributed by atoms with Gasteiger partial charge in [0.1, 0.15) is 6.20 Å². The lowest BCUT2D eigenvalue weighted by Gasteiger charge is -2.02. The minimum Gasteiger partial charge on any atom is -0.383 e. The third kappa shape index (κ3) is 1.92. The number of ether oxygens (including phenoxy) is 1. The smallest absolute Gasteiger partial charge is 0.383 e. The topological polar surface area (TPSA) is 48.2 Å². The molecule has 0 bridgehead atoms. The molecule has 0 aliphatic carbocycles. The Bertz CT molecular complexity index is 194. The van der Waals surface area contributed by atoms with E-state index in [1.54, 1.807) is 0 Å². The van der Waals surface area contributed by atoms with Crippen molar-refractivity contribution >= 4 is 0 Å². The summed E-state index contributed by atoms with van der Waals surface area (Å²) in [5, 5.41) is 5.67. The van der Waals surface area contributed by atoms with Gasteiger partial charge in [0.25, 0.3) is 5.88 Å². The van der Waals surface area contributed by atoms with Gasteiger partial charge in [-0.1, -0.05) is 5.16 Å². The number of hydrogen-bond donors (Lipinski definition) is 0. The van der Waals surface area contributed by atoms with Crippen molar-refractivity contribution in [1.29, 1.82) is 0 Å². The van der Waals surface area contributed by atoms with E-state index in [-0.39, 0.29) is 0 Å². The molecule has 0 unspecified atom stereocenters. The number of halogens is 3. The summed E-state index contributed by atoms with van der Waals surface area (Å²) in [7, 11) is 0. The van der Waals surface area contributed by atoms with Crippen molar-refractivity contribution in [3.63, 3.8) is 0 Å². The number of hydrogen-bond acceptors (Lipinski definition) is 4. The maximum Gasteiger partial charge on any atom is 0.574 e. The first-order valence-corrected chi connectivity index (χ1v) is 2.11. The molecule has 0 N–H and O–H groups in total. The molecule has 0 aliphatic heterocycles. The molecule has 1 rings (SSSR count). The van der Waals surface area contributed by atoms with E-state index in [0.29, 0.717) is 6.20 Å². The summed E-state index contributed by atoms with van der Waals surface area (Å²) in [6.45, 7) is 0. The third-order valence-electron chi connectivity index (χ3n) is 0.561. The summed E-state index contributed by atoms with van der Waals surface area (Å²) < 4.78 is 41.0. The van der Waals surface area contributed by atoms with Crippen LogP contribution in [0.25, 0.3) is 0 Å². The van der Waals surface area contributed by atoms with E-state index < -0.39 is 12.2 Å². The van der Waals surface area contributed by atoms with Crippen molar-refractivity contribution < 1.29 is 22.5 Å². The summed E-state index contributed by atoms with van der Waals surface area (Å²) in [6.07, 6.45) is -4.02. The maximum absolute atomic E-state index is 11.3. The fourth-order valence-electron chi connectivity index (χ4n) is 0.320. The van der Waals surface area contributed by atoms with Gasteiger partial charge in [-0.3, -0.25) is 0 Å². The molecule has 0 amide bonds. The molecule has 0 fully saturated rings. The Morgan fingerprint density at radius 2 is 2.20 bits per heavy atom. The molecule has 0 saturated heterocycles. The second kappa shape index (κ2) is 2.16. The van der Waals surface area contributed by atoms with Crippen LogP contribution >= 0.6 is 0 Å². The molecular weight excluding hydrogens is 153 g/mol. The Morgan fingerprint density at radius 3 is 2.60 bits per heavy atom. The van der Waals surface area contributed by atoms with Crippen molar-refractivity contribution in [3.8, 4) is 5.88 Å². The number of alkyl halides is 3. The monoisotopic (exact) mass is 154 g/mol. The minimum absolute atomic E-state index is 0.701. The molecule has 0 aliphatic rings. The molecule has 0 radical (unpaired) electrons. The lowest BCUT2D eigenvalue weighted by atomic mass is 10.8. The van der Waals surface area contributed by atoms with E-state index in [4.69, 9.17) is 0 Å². The van der Waals surface area contributed by atoms with Gasteiger partial charge in [-0.25, -0.2) is 4.63 Å². The maximum atomic E-state index is 11.3. The number of nitrogens with zero attached hydrogens (tertiary/aromatic N) is 2. The van der Waals surface area contributed by atoms with Gasteiger partial charge in [0.05, 0.1) is 0 Å². The van der Waals surface area contributed by atoms with Crippen molar-refractivity contribution in [3.05, 3.63) is 6.20 Å². The highest BCUT2D eigenvalue weighted by Gasteiger charge is 2.32. The van der Waals surface area contributed by atoms with Gasteiger partial charge in [-0.05, 0) is 5.16 Å². The van der Waals surface area contributed by atoms with Gasteiger partial charge >= 0.3 is 6.36 Å².